The summed E-state index contributed by atoms with van der Waals surface area (Å²) in [6, 6.07) is 9.85. The second-order valence-electron chi connectivity index (χ2n) is 4.53. The first-order valence-electron chi connectivity index (χ1n) is 6.66. The summed E-state index contributed by atoms with van der Waals surface area (Å²) in [5.41, 5.74) is 1.69. The van der Waals surface area contributed by atoms with Crippen molar-refractivity contribution in [2.75, 3.05) is 6.54 Å². The third-order valence-electron chi connectivity index (χ3n) is 3.00. The number of benzene rings is 2. The first-order chi connectivity index (χ1) is 10.1. The zero-order valence-corrected chi connectivity index (χ0v) is 13.1. The molecular formula is C16H16Cl2FNO. The quantitative estimate of drug-likeness (QED) is 0.821. The molecule has 0 bridgehead atoms. The van der Waals surface area contributed by atoms with Gasteiger partial charge in [-0.05, 0) is 24.7 Å². The zero-order valence-electron chi connectivity index (χ0n) is 11.6. The first-order valence-corrected chi connectivity index (χ1v) is 7.42. The van der Waals surface area contributed by atoms with Gasteiger partial charge in [-0.1, -0.05) is 48.3 Å². The lowest BCUT2D eigenvalue weighted by molar-refractivity contribution is 0.302. The van der Waals surface area contributed by atoms with Gasteiger partial charge in [0.25, 0.3) is 0 Å². The molecule has 0 fully saturated rings. The Labute approximate surface area is 133 Å². The molecule has 5 heteroatoms. The maximum atomic E-state index is 13.0. The van der Waals surface area contributed by atoms with E-state index < -0.39 is 0 Å². The van der Waals surface area contributed by atoms with Gasteiger partial charge in [-0.25, -0.2) is 4.39 Å². The van der Waals surface area contributed by atoms with Gasteiger partial charge in [0.05, 0.1) is 10.0 Å². The number of ether oxygens (including phenoxy) is 1. The van der Waals surface area contributed by atoms with E-state index in [-0.39, 0.29) is 12.4 Å². The fourth-order valence-corrected chi connectivity index (χ4v) is 2.37. The molecule has 0 heterocycles. The molecular weight excluding hydrogens is 312 g/mol. The Balaban J connectivity index is 2.15. The summed E-state index contributed by atoms with van der Waals surface area (Å²) in [6.07, 6.45) is 0. The van der Waals surface area contributed by atoms with Crippen molar-refractivity contribution in [3.8, 4) is 5.75 Å². The van der Waals surface area contributed by atoms with Crippen molar-refractivity contribution >= 4 is 23.2 Å². The van der Waals surface area contributed by atoms with E-state index in [4.69, 9.17) is 27.9 Å². The highest BCUT2D eigenvalue weighted by Gasteiger charge is 2.10. The molecule has 0 aliphatic heterocycles. The summed E-state index contributed by atoms with van der Waals surface area (Å²) in [6.45, 7) is 3.80. The SMILES string of the molecule is CCNCc1cccc(Cl)c1OCc1ccc(F)cc1Cl. The van der Waals surface area contributed by atoms with Crippen molar-refractivity contribution in [2.24, 2.45) is 0 Å². The molecule has 112 valence electrons. The van der Waals surface area contributed by atoms with Gasteiger partial charge in [-0.3, -0.25) is 0 Å². The first kappa shape index (κ1) is 16.1. The van der Waals surface area contributed by atoms with Crippen molar-refractivity contribution in [1.82, 2.24) is 5.32 Å². The van der Waals surface area contributed by atoms with E-state index in [0.29, 0.717) is 27.9 Å². The fourth-order valence-electron chi connectivity index (χ4n) is 1.90. The standard InChI is InChI=1S/C16H16Cl2FNO/c1-2-20-9-11-4-3-5-14(17)16(11)21-10-12-6-7-13(19)8-15(12)18/h3-8,20H,2,9-10H2,1H3. The smallest absolute Gasteiger partial charge is 0.142 e. The predicted molar refractivity (Wildman–Crippen MR) is 84.6 cm³/mol. The average molecular weight is 328 g/mol. The highest BCUT2D eigenvalue weighted by molar-refractivity contribution is 6.32. The molecule has 1 N–H and O–H groups in total. The number of rotatable bonds is 6. The Hall–Kier alpha value is -1.29. The van der Waals surface area contributed by atoms with E-state index >= 15 is 0 Å². The van der Waals surface area contributed by atoms with Gasteiger partial charge in [0.15, 0.2) is 0 Å². The lowest BCUT2D eigenvalue weighted by Gasteiger charge is -2.14. The monoisotopic (exact) mass is 327 g/mol. The zero-order chi connectivity index (χ0) is 15.2. The van der Waals surface area contributed by atoms with Gasteiger partial charge < -0.3 is 10.1 Å². The molecule has 0 spiro atoms. The Kier molecular flexibility index (Phi) is 5.85. The lowest BCUT2D eigenvalue weighted by atomic mass is 10.2. The minimum absolute atomic E-state index is 0.238. The maximum Gasteiger partial charge on any atom is 0.142 e. The fraction of sp³-hybridized carbons (Fsp3) is 0.250. The van der Waals surface area contributed by atoms with Gasteiger partial charge in [-0.2, -0.15) is 0 Å². The van der Waals surface area contributed by atoms with Crippen molar-refractivity contribution in [3.05, 3.63) is 63.4 Å². The van der Waals surface area contributed by atoms with E-state index in [1.165, 1.54) is 12.1 Å². The van der Waals surface area contributed by atoms with Crippen LogP contribution < -0.4 is 10.1 Å². The molecule has 0 amide bonds. The molecule has 0 saturated heterocycles. The van der Waals surface area contributed by atoms with Crippen molar-refractivity contribution in [2.45, 2.75) is 20.1 Å². The van der Waals surface area contributed by atoms with Crippen LogP contribution in [0.2, 0.25) is 10.0 Å². The molecule has 2 nitrogen and oxygen atoms in total. The maximum absolute atomic E-state index is 13.0. The minimum Gasteiger partial charge on any atom is -0.487 e. The van der Waals surface area contributed by atoms with Gasteiger partial charge in [-0.15, -0.1) is 0 Å². The van der Waals surface area contributed by atoms with E-state index in [0.717, 1.165) is 12.1 Å². The summed E-state index contributed by atoms with van der Waals surface area (Å²) in [4.78, 5) is 0. The molecule has 2 aromatic rings. The summed E-state index contributed by atoms with van der Waals surface area (Å²) in [5.74, 6) is 0.259. The number of para-hydroxylation sites is 1. The second kappa shape index (κ2) is 7.64. The Morgan fingerprint density at radius 2 is 1.90 bits per heavy atom. The number of nitrogens with one attached hydrogen (secondary N) is 1. The van der Waals surface area contributed by atoms with E-state index in [1.54, 1.807) is 12.1 Å². The van der Waals surface area contributed by atoms with Crippen molar-refractivity contribution < 1.29 is 9.13 Å². The van der Waals surface area contributed by atoms with Crippen LogP contribution in [0.25, 0.3) is 0 Å². The van der Waals surface area contributed by atoms with Gasteiger partial charge in [0.2, 0.25) is 0 Å². The van der Waals surface area contributed by atoms with Crippen LogP contribution in [0.1, 0.15) is 18.1 Å². The molecule has 0 aliphatic carbocycles. The molecule has 0 saturated carbocycles. The van der Waals surface area contributed by atoms with E-state index in [2.05, 4.69) is 5.32 Å². The second-order valence-corrected chi connectivity index (χ2v) is 5.35. The van der Waals surface area contributed by atoms with Gasteiger partial charge >= 0.3 is 0 Å². The van der Waals surface area contributed by atoms with E-state index in [1.807, 2.05) is 19.1 Å². The average Bonchev–Trinajstić information content (AvgIpc) is 2.45. The Morgan fingerprint density at radius 1 is 1.10 bits per heavy atom. The largest absolute Gasteiger partial charge is 0.487 e. The molecule has 0 aromatic heterocycles. The summed E-state index contributed by atoms with van der Waals surface area (Å²) >= 11 is 12.2. The van der Waals surface area contributed by atoms with Crippen LogP contribution >= 0.6 is 23.2 Å². The third-order valence-corrected chi connectivity index (χ3v) is 3.65. The molecule has 0 aliphatic rings. The van der Waals surface area contributed by atoms with Gasteiger partial charge in [0.1, 0.15) is 18.2 Å². The molecule has 2 aromatic carbocycles. The van der Waals surface area contributed by atoms with Crippen LogP contribution in [0, 0.1) is 5.82 Å². The molecule has 21 heavy (non-hydrogen) atoms. The normalized spacial score (nSPS) is 10.7. The summed E-state index contributed by atoms with van der Waals surface area (Å²) in [5, 5.41) is 4.12. The van der Waals surface area contributed by atoms with Crippen LogP contribution in [0.4, 0.5) is 4.39 Å². The van der Waals surface area contributed by atoms with Crippen molar-refractivity contribution in [3.63, 3.8) is 0 Å². The number of halogens is 3. The third kappa shape index (κ3) is 4.34. The van der Waals surface area contributed by atoms with Crippen LogP contribution in [0.15, 0.2) is 36.4 Å². The lowest BCUT2D eigenvalue weighted by Crippen LogP contribution is -2.13. The van der Waals surface area contributed by atoms with Crippen LogP contribution in [0.5, 0.6) is 5.75 Å². The molecule has 0 radical (unpaired) electrons. The number of hydrogen-bond donors (Lipinski definition) is 1. The summed E-state index contributed by atoms with van der Waals surface area (Å²) in [7, 11) is 0. The number of hydrogen-bond acceptors (Lipinski definition) is 2. The van der Waals surface area contributed by atoms with Crippen LogP contribution in [-0.2, 0) is 13.2 Å². The Morgan fingerprint density at radius 3 is 2.62 bits per heavy atom. The summed E-state index contributed by atoms with van der Waals surface area (Å²) < 4.78 is 18.8. The Bertz CT molecular complexity index is 619. The molecule has 0 atom stereocenters. The highest BCUT2D eigenvalue weighted by Crippen LogP contribution is 2.30. The van der Waals surface area contributed by atoms with E-state index in [9.17, 15) is 4.39 Å². The van der Waals surface area contributed by atoms with Crippen LogP contribution in [0.3, 0.4) is 0 Å². The molecule has 2 rings (SSSR count). The molecule has 0 unspecified atom stereocenters. The van der Waals surface area contributed by atoms with Crippen molar-refractivity contribution in [1.29, 1.82) is 0 Å². The minimum atomic E-state index is -0.366. The van der Waals surface area contributed by atoms with Crippen LogP contribution in [-0.4, -0.2) is 6.54 Å². The highest BCUT2D eigenvalue weighted by atomic mass is 35.5. The topological polar surface area (TPSA) is 21.3 Å². The van der Waals surface area contributed by atoms with Gasteiger partial charge in [0, 0.05) is 17.7 Å². The predicted octanol–water partition coefficient (Wildman–Crippen LogP) is 4.82.